The smallest absolute Gasteiger partial charge is 0.337 e. The molecule has 3 rings (SSSR count). The van der Waals surface area contributed by atoms with Gasteiger partial charge in [-0.3, -0.25) is 0 Å². The minimum Gasteiger partial charge on any atom is -0.480 e. The minimum absolute atomic E-state index is 0.0654. The Labute approximate surface area is 248 Å². The number of ether oxygens (including phenoxy) is 2. The molecule has 0 saturated heterocycles. The molecular weight excluding hydrogens is 532 g/mol. The minimum atomic E-state index is -1.16. The van der Waals surface area contributed by atoms with Crippen LogP contribution in [0.1, 0.15) is 38.8 Å². The number of rotatable bonds is 15. The Morgan fingerprint density at radius 3 is 1.93 bits per heavy atom. The number of carboxylic acid groups (broad SMARTS) is 1. The van der Waals surface area contributed by atoms with E-state index in [1.165, 1.54) is 4.90 Å². The highest BCUT2D eigenvalue weighted by Crippen LogP contribution is 2.20. The predicted octanol–water partition coefficient (Wildman–Crippen LogP) is 5.80. The van der Waals surface area contributed by atoms with E-state index in [9.17, 15) is 19.5 Å². The summed E-state index contributed by atoms with van der Waals surface area (Å²) in [5.74, 6) is -1.49. The summed E-state index contributed by atoms with van der Waals surface area (Å²) >= 11 is 0. The van der Waals surface area contributed by atoms with Gasteiger partial charge in [-0.1, -0.05) is 113 Å². The molecule has 0 aromatic heterocycles. The van der Waals surface area contributed by atoms with Crippen LogP contribution >= 0.6 is 0 Å². The maximum absolute atomic E-state index is 13.4. The quantitative estimate of drug-likeness (QED) is 0.222. The van der Waals surface area contributed by atoms with Crippen molar-refractivity contribution in [3.8, 4) is 11.1 Å². The SMILES string of the molecule is CC(C)CO[C@@H](CN(CC(C)C)C(=O)N[C@@H](Cc1ccc(-c2ccccc2)cc1)C(=O)O)C(=O)OCc1ccccc1. The Kier molecular flexibility index (Phi) is 12.6. The van der Waals surface area contributed by atoms with Gasteiger partial charge in [0.1, 0.15) is 12.6 Å². The summed E-state index contributed by atoms with van der Waals surface area (Å²) in [5.41, 5.74) is 3.70. The van der Waals surface area contributed by atoms with Crippen LogP contribution in [0.5, 0.6) is 0 Å². The van der Waals surface area contributed by atoms with E-state index >= 15 is 0 Å². The van der Waals surface area contributed by atoms with Crippen LogP contribution < -0.4 is 5.32 Å². The third-order valence-electron chi connectivity index (χ3n) is 6.47. The average molecular weight is 575 g/mol. The Bertz CT molecular complexity index is 1260. The van der Waals surface area contributed by atoms with Gasteiger partial charge in [-0.15, -0.1) is 0 Å². The molecule has 0 aliphatic rings. The molecule has 0 aliphatic heterocycles. The number of hydrogen-bond donors (Lipinski definition) is 2. The van der Waals surface area contributed by atoms with Crippen LogP contribution in [0.15, 0.2) is 84.9 Å². The fraction of sp³-hybridized carbons (Fsp3) is 0.382. The van der Waals surface area contributed by atoms with Gasteiger partial charge in [-0.25, -0.2) is 14.4 Å². The maximum Gasteiger partial charge on any atom is 0.337 e. The van der Waals surface area contributed by atoms with Gasteiger partial charge in [0.05, 0.1) is 13.2 Å². The summed E-state index contributed by atoms with van der Waals surface area (Å²) < 4.78 is 11.4. The van der Waals surface area contributed by atoms with Crippen molar-refractivity contribution in [3.05, 3.63) is 96.1 Å². The van der Waals surface area contributed by atoms with Gasteiger partial charge in [0.15, 0.2) is 6.10 Å². The molecule has 2 N–H and O–H groups in total. The molecule has 3 aromatic rings. The van der Waals surface area contributed by atoms with Crippen molar-refractivity contribution >= 4 is 18.0 Å². The van der Waals surface area contributed by atoms with Crippen LogP contribution in [0.2, 0.25) is 0 Å². The predicted molar refractivity (Wildman–Crippen MR) is 163 cm³/mol. The summed E-state index contributed by atoms with van der Waals surface area (Å²) in [6.45, 7) is 8.45. The molecule has 0 fully saturated rings. The highest BCUT2D eigenvalue weighted by Gasteiger charge is 2.30. The number of amides is 2. The number of carbonyl (C=O) groups is 3. The zero-order valence-electron chi connectivity index (χ0n) is 24.9. The number of aliphatic carboxylic acids is 1. The highest BCUT2D eigenvalue weighted by molar-refractivity contribution is 5.83. The molecule has 8 nitrogen and oxygen atoms in total. The summed E-state index contributed by atoms with van der Waals surface area (Å²) in [7, 11) is 0. The maximum atomic E-state index is 13.4. The van der Waals surface area contributed by atoms with E-state index in [1.54, 1.807) is 0 Å². The van der Waals surface area contributed by atoms with Gasteiger partial charge in [0.25, 0.3) is 0 Å². The first kappa shape index (κ1) is 32.3. The van der Waals surface area contributed by atoms with Crippen LogP contribution in [-0.4, -0.2) is 59.8 Å². The van der Waals surface area contributed by atoms with E-state index in [-0.39, 0.29) is 31.4 Å². The summed E-state index contributed by atoms with van der Waals surface area (Å²) in [6.07, 6.45) is -0.910. The van der Waals surface area contributed by atoms with E-state index in [1.807, 2.05) is 113 Å². The molecule has 2 amide bonds. The molecule has 0 spiro atoms. The topological polar surface area (TPSA) is 105 Å². The molecule has 0 aliphatic carbocycles. The number of esters is 1. The lowest BCUT2D eigenvalue weighted by Crippen LogP contribution is -2.52. The van der Waals surface area contributed by atoms with Crippen molar-refractivity contribution in [1.82, 2.24) is 10.2 Å². The number of carbonyl (C=O) groups excluding carboxylic acids is 2. The Morgan fingerprint density at radius 1 is 0.762 bits per heavy atom. The van der Waals surface area contributed by atoms with Crippen molar-refractivity contribution in [2.75, 3.05) is 19.7 Å². The van der Waals surface area contributed by atoms with Crippen LogP contribution in [0.4, 0.5) is 4.79 Å². The summed E-state index contributed by atoms with van der Waals surface area (Å²) in [6, 6.07) is 25.1. The fourth-order valence-electron chi connectivity index (χ4n) is 4.35. The van der Waals surface area contributed by atoms with Gasteiger partial charge < -0.3 is 24.8 Å². The van der Waals surface area contributed by atoms with E-state index in [0.717, 1.165) is 22.3 Å². The third kappa shape index (κ3) is 10.7. The molecule has 3 aromatic carbocycles. The van der Waals surface area contributed by atoms with Crippen LogP contribution in [0, 0.1) is 11.8 Å². The van der Waals surface area contributed by atoms with Gasteiger partial charge in [0, 0.05) is 13.0 Å². The number of carboxylic acids is 1. The first-order valence-corrected chi connectivity index (χ1v) is 14.4. The molecule has 0 radical (unpaired) electrons. The van der Waals surface area contributed by atoms with Crippen molar-refractivity contribution in [1.29, 1.82) is 0 Å². The summed E-state index contributed by atoms with van der Waals surface area (Å²) in [5, 5.41) is 12.6. The van der Waals surface area contributed by atoms with Crippen LogP contribution in [0.25, 0.3) is 11.1 Å². The van der Waals surface area contributed by atoms with E-state index in [2.05, 4.69) is 5.32 Å². The monoisotopic (exact) mass is 574 g/mol. The molecule has 0 saturated carbocycles. The van der Waals surface area contributed by atoms with Gasteiger partial charge in [0.2, 0.25) is 0 Å². The standard InChI is InChI=1S/C34H42N2O6/c1-24(2)20-36(21-31(41-22-25(3)4)33(39)42-23-27-11-7-5-8-12-27)34(40)35-30(32(37)38)19-26-15-17-29(18-16-26)28-13-9-6-10-14-28/h5-18,24-25,30-31H,19-23H2,1-4H3,(H,35,40)(H,37,38)/t30-,31-/m0/s1. The Morgan fingerprint density at radius 2 is 1.36 bits per heavy atom. The van der Waals surface area contributed by atoms with Crippen molar-refractivity contribution < 1.29 is 29.0 Å². The van der Waals surface area contributed by atoms with Gasteiger partial charge in [-0.2, -0.15) is 0 Å². The second-order valence-electron chi connectivity index (χ2n) is 11.2. The molecule has 0 bridgehead atoms. The van der Waals surface area contributed by atoms with Gasteiger partial charge >= 0.3 is 18.0 Å². The molecule has 224 valence electrons. The number of benzene rings is 3. The Balaban J connectivity index is 1.70. The zero-order valence-corrected chi connectivity index (χ0v) is 24.9. The summed E-state index contributed by atoms with van der Waals surface area (Å²) in [4.78, 5) is 40.1. The van der Waals surface area contributed by atoms with E-state index in [4.69, 9.17) is 9.47 Å². The average Bonchev–Trinajstić information content (AvgIpc) is 2.98. The number of nitrogens with zero attached hydrogens (tertiary/aromatic N) is 1. The van der Waals surface area contributed by atoms with Crippen molar-refractivity contribution in [2.45, 2.75) is 52.9 Å². The van der Waals surface area contributed by atoms with E-state index in [0.29, 0.717) is 13.2 Å². The third-order valence-corrected chi connectivity index (χ3v) is 6.47. The first-order valence-electron chi connectivity index (χ1n) is 14.4. The lowest BCUT2D eigenvalue weighted by molar-refractivity contribution is -0.160. The first-order chi connectivity index (χ1) is 20.1. The number of hydrogen-bond acceptors (Lipinski definition) is 5. The molecule has 8 heteroatoms. The van der Waals surface area contributed by atoms with Crippen LogP contribution in [0.3, 0.4) is 0 Å². The molecular formula is C34H42N2O6. The number of urea groups is 1. The normalized spacial score (nSPS) is 12.5. The van der Waals surface area contributed by atoms with Gasteiger partial charge in [-0.05, 0) is 34.1 Å². The molecule has 0 heterocycles. The largest absolute Gasteiger partial charge is 0.480 e. The van der Waals surface area contributed by atoms with Crippen molar-refractivity contribution in [2.24, 2.45) is 11.8 Å². The van der Waals surface area contributed by atoms with E-state index < -0.39 is 30.1 Å². The molecule has 0 unspecified atom stereocenters. The second kappa shape index (κ2) is 16.3. The Hall–Kier alpha value is -4.17. The molecule has 42 heavy (non-hydrogen) atoms. The number of nitrogens with one attached hydrogen (secondary N) is 1. The molecule has 2 atom stereocenters. The van der Waals surface area contributed by atoms with Crippen molar-refractivity contribution in [3.63, 3.8) is 0 Å². The lowest BCUT2D eigenvalue weighted by Gasteiger charge is -2.30. The second-order valence-corrected chi connectivity index (χ2v) is 11.2. The fourth-order valence-corrected chi connectivity index (χ4v) is 4.35. The zero-order chi connectivity index (χ0) is 30.5. The highest BCUT2D eigenvalue weighted by atomic mass is 16.6. The lowest BCUT2D eigenvalue weighted by atomic mass is 10.0. The van der Waals surface area contributed by atoms with Crippen LogP contribution in [-0.2, 0) is 32.1 Å².